The van der Waals surface area contributed by atoms with Gasteiger partial charge in [-0.15, -0.1) is 0 Å². The normalized spacial score (nSPS) is 12.1. The summed E-state index contributed by atoms with van der Waals surface area (Å²) in [7, 11) is -4.14. The third kappa shape index (κ3) is 5.93. The van der Waals surface area contributed by atoms with Gasteiger partial charge in [0.2, 0.25) is 0 Å². The number of benzene rings is 2. The van der Waals surface area contributed by atoms with Crippen LogP contribution in [0.25, 0.3) is 0 Å². The summed E-state index contributed by atoms with van der Waals surface area (Å²) in [6, 6.07) is 12.2. The van der Waals surface area contributed by atoms with Gasteiger partial charge in [0.05, 0.1) is 17.0 Å². The highest BCUT2D eigenvalue weighted by atomic mass is 32.2. The van der Waals surface area contributed by atoms with E-state index in [4.69, 9.17) is 10.8 Å². The van der Waals surface area contributed by atoms with Gasteiger partial charge in [-0.1, -0.05) is 37.3 Å². The molecular formula is C19H24N4O5S. The number of amides is 2. The number of nitrogens with two attached hydrogens (primary N) is 1. The molecule has 2 amide bonds. The van der Waals surface area contributed by atoms with Gasteiger partial charge in [-0.3, -0.25) is 4.79 Å². The van der Waals surface area contributed by atoms with Gasteiger partial charge in [-0.05, 0) is 36.2 Å². The smallest absolute Gasteiger partial charge is 0.334 e. The summed E-state index contributed by atoms with van der Waals surface area (Å²) in [6.07, 6.45) is 0.359. The van der Waals surface area contributed by atoms with Crippen LogP contribution >= 0.6 is 0 Å². The van der Waals surface area contributed by atoms with Crippen LogP contribution in [0.1, 0.15) is 31.4 Å². The summed E-state index contributed by atoms with van der Waals surface area (Å²) in [6.45, 7) is 2.24. The maximum Gasteiger partial charge on any atom is 0.334 e. The van der Waals surface area contributed by atoms with E-state index in [1.54, 1.807) is 30.3 Å². The highest BCUT2D eigenvalue weighted by Gasteiger charge is 2.27. The molecule has 0 fully saturated rings. The molecule has 2 rings (SSSR count). The molecule has 0 aromatic heterocycles. The fraction of sp³-hybridized carbons (Fsp3) is 0.263. The summed E-state index contributed by atoms with van der Waals surface area (Å²) in [5.74, 6) is -1.08. The van der Waals surface area contributed by atoms with Gasteiger partial charge >= 0.3 is 12.0 Å². The molecule has 1 unspecified atom stereocenters. The molecule has 10 heteroatoms. The van der Waals surface area contributed by atoms with Crippen molar-refractivity contribution in [1.82, 2.24) is 10.7 Å². The lowest BCUT2D eigenvalue weighted by Crippen LogP contribution is -2.50. The number of nitrogens with one attached hydrogen (secondary N) is 2. The minimum atomic E-state index is -4.14. The largest absolute Gasteiger partial charge is 0.481 e. The molecule has 0 aliphatic heterocycles. The molecule has 2 aromatic carbocycles. The average Bonchev–Trinajstić information content (AvgIpc) is 2.70. The molecular weight excluding hydrogens is 396 g/mol. The van der Waals surface area contributed by atoms with E-state index in [9.17, 15) is 18.0 Å². The predicted octanol–water partition coefficient (Wildman–Crippen LogP) is 1.98. The number of carbonyl (C=O) groups is 2. The Hall–Kier alpha value is -3.11. The summed E-state index contributed by atoms with van der Waals surface area (Å²) < 4.78 is 27.1. The number of anilines is 1. The standard InChI is InChI=1S/C19H24N4O5S/c1-2-11-21-19(26)22-23(29(27,28)16-9-4-3-5-10-16)15-8-6-7-14(12-15)17(20)13-18(24)25/h3-10,12,17H,2,11,13,20H2,1H3,(H,24,25)(H2,21,22,26). The minimum absolute atomic E-state index is 0.0176. The molecule has 1 atom stereocenters. The van der Waals surface area contributed by atoms with Gasteiger partial charge in [-0.25, -0.2) is 10.2 Å². The van der Waals surface area contributed by atoms with E-state index in [1.807, 2.05) is 6.92 Å². The van der Waals surface area contributed by atoms with Crippen LogP contribution in [0, 0.1) is 0 Å². The van der Waals surface area contributed by atoms with Crippen LogP contribution in [0.2, 0.25) is 0 Å². The summed E-state index contributed by atoms with van der Waals surface area (Å²) in [5.41, 5.74) is 8.80. The van der Waals surface area contributed by atoms with Crippen molar-refractivity contribution in [2.75, 3.05) is 11.0 Å². The highest BCUT2D eigenvalue weighted by Crippen LogP contribution is 2.25. The average molecular weight is 420 g/mol. The van der Waals surface area contributed by atoms with Crippen molar-refractivity contribution in [2.45, 2.75) is 30.7 Å². The zero-order valence-corrected chi connectivity index (χ0v) is 16.7. The Morgan fingerprint density at radius 3 is 2.45 bits per heavy atom. The van der Waals surface area contributed by atoms with E-state index < -0.39 is 28.1 Å². The predicted molar refractivity (Wildman–Crippen MR) is 109 cm³/mol. The van der Waals surface area contributed by atoms with Crippen LogP contribution in [0.4, 0.5) is 10.5 Å². The molecule has 5 N–H and O–H groups in total. The SMILES string of the molecule is CCCNC(=O)NN(c1cccc(C(N)CC(=O)O)c1)S(=O)(=O)c1ccccc1. The van der Waals surface area contributed by atoms with Gasteiger partial charge in [0.1, 0.15) is 0 Å². The lowest BCUT2D eigenvalue weighted by Gasteiger charge is -2.25. The molecule has 0 radical (unpaired) electrons. The Bertz CT molecular complexity index is 950. The first-order chi connectivity index (χ1) is 13.8. The lowest BCUT2D eigenvalue weighted by atomic mass is 10.0. The Kier molecular flexibility index (Phi) is 7.57. The fourth-order valence-electron chi connectivity index (χ4n) is 2.52. The quantitative estimate of drug-likeness (QED) is 0.457. The molecule has 9 nitrogen and oxygen atoms in total. The lowest BCUT2D eigenvalue weighted by molar-refractivity contribution is -0.137. The second-order valence-electron chi connectivity index (χ2n) is 6.25. The number of carboxylic acids is 1. The van der Waals surface area contributed by atoms with Crippen molar-refractivity contribution in [3.8, 4) is 0 Å². The number of hydrogen-bond donors (Lipinski definition) is 4. The topological polar surface area (TPSA) is 142 Å². The second kappa shape index (κ2) is 9.89. The van der Waals surface area contributed by atoms with Gasteiger partial charge < -0.3 is 16.2 Å². The monoisotopic (exact) mass is 420 g/mol. The zero-order valence-electron chi connectivity index (χ0n) is 15.9. The van der Waals surface area contributed by atoms with E-state index in [-0.39, 0.29) is 17.0 Å². The fourth-order valence-corrected chi connectivity index (χ4v) is 3.83. The number of hydrogen-bond acceptors (Lipinski definition) is 5. The third-order valence-electron chi connectivity index (χ3n) is 3.95. The van der Waals surface area contributed by atoms with Crippen molar-refractivity contribution in [1.29, 1.82) is 0 Å². The van der Waals surface area contributed by atoms with Crippen molar-refractivity contribution >= 4 is 27.7 Å². The van der Waals surface area contributed by atoms with E-state index in [0.717, 1.165) is 4.41 Å². The maximum atomic E-state index is 13.2. The van der Waals surface area contributed by atoms with Crippen LogP contribution in [0.3, 0.4) is 0 Å². The molecule has 0 saturated heterocycles. The van der Waals surface area contributed by atoms with Crippen LogP contribution in [-0.2, 0) is 14.8 Å². The zero-order chi connectivity index (χ0) is 21.4. The van der Waals surface area contributed by atoms with E-state index >= 15 is 0 Å². The van der Waals surface area contributed by atoms with Crippen LogP contribution in [-0.4, -0.2) is 32.1 Å². The Morgan fingerprint density at radius 1 is 1.14 bits per heavy atom. The molecule has 0 bridgehead atoms. The van der Waals surface area contributed by atoms with Crippen molar-refractivity contribution < 1.29 is 23.1 Å². The first-order valence-electron chi connectivity index (χ1n) is 8.98. The molecule has 0 spiro atoms. The first-order valence-corrected chi connectivity index (χ1v) is 10.4. The molecule has 0 heterocycles. The van der Waals surface area contributed by atoms with E-state index in [1.165, 1.54) is 24.3 Å². The summed E-state index contributed by atoms with van der Waals surface area (Å²) in [5, 5.41) is 11.5. The van der Waals surface area contributed by atoms with Crippen LogP contribution in [0.15, 0.2) is 59.5 Å². The number of hydrazine groups is 1. The number of nitrogens with zero attached hydrogens (tertiary/aromatic N) is 1. The summed E-state index contributed by atoms with van der Waals surface area (Å²) in [4.78, 5) is 23.1. The highest BCUT2D eigenvalue weighted by molar-refractivity contribution is 7.92. The number of aliphatic carboxylic acids is 1. The number of sulfonamides is 1. The van der Waals surface area contributed by atoms with Crippen molar-refractivity contribution in [3.63, 3.8) is 0 Å². The Morgan fingerprint density at radius 2 is 1.83 bits per heavy atom. The van der Waals surface area contributed by atoms with Crippen molar-refractivity contribution in [3.05, 3.63) is 60.2 Å². The molecule has 0 aliphatic carbocycles. The number of urea groups is 1. The first kappa shape index (κ1) is 22.2. The number of rotatable bonds is 9. The maximum absolute atomic E-state index is 13.2. The Balaban J connectivity index is 2.45. The van der Waals surface area contributed by atoms with E-state index in [2.05, 4.69) is 10.7 Å². The Labute approximate surface area is 169 Å². The van der Waals surface area contributed by atoms with Crippen molar-refractivity contribution in [2.24, 2.45) is 5.73 Å². The van der Waals surface area contributed by atoms with Crippen LogP contribution < -0.4 is 20.9 Å². The van der Waals surface area contributed by atoms with Gasteiger partial charge in [-0.2, -0.15) is 12.8 Å². The van der Waals surface area contributed by atoms with Crippen LogP contribution in [0.5, 0.6) is 0 Å². The molecule has 156 valence electrons. The minimum Gasteiger partial charge on any atom is -0.481 e. The molecule has 0 saturated carbocycles. The van der Waals surface area contributed by atoms with Gasteiger partial charge in [0.25, 0.3) is 10.0 Å². The van der Waals surface area contributed by atoms with E-state index in [0.29, 0.717) is 18.5 Å². The second-order valence-corrected chi connectivity index (χ2v) is 8.04. The molecule has 0 aliphatic rings. The number of carboxylic acid groups (broad SMARTS) is 1. The molecule has 2 aromatic rings. The third-order valence-corrected chi connectivity index (χ3v) is 5.60. The summed E-state index contributed by atoms with van der Waals surface area (Å²) >= 11 is 0. The molecule has 29 heavy (non-hydrogen) atoms. The van der Waals surface area contributed by atoms with Gasteiger partial charge in [0.15, 0.2) is 0 Å². The number of carbonyl (C=O) groups excluding carboxylic acids is 1. The van der Waals surface area contributed by atoms with Gasteiger partial charge in [0, 0.05) is 12.6 Å².